The second-order valence-corrected chi connectivity index (χ2v) is 5.46. The highest BCUT2D eigenvalue weighted by Crippen LogP contribution is 2.30. The van der Waals surface area contributed by atoms with Crippen LogP contribution in [0.25, 0.3) is 0 Å². The van der Waals surface area contributed by atoms with E-state index in [-0.39, 0.29) is 6.54 Å². The summed E-state index contributed by atoms with van der Waals surface area (Å²) in [4.78, 5) is 3.89. The van der Waals surface area contributed by atoms with Crippen LogP contribution < -0.4 is 5.32 Å². The number of hydrogen-bond donors (Lipinski definition) is 1. The van der Waals surface area contributed by atoms with Crippen LogP contribution in [0, 0.1) is 11.6 Å². The van der Waals surface area contributed by atoms with Gasteiger partial charge in [0, 0.05) is 44.2 Å². The number of methoxy groups -OCH3 is 1. The largest absolute Gasteiger partial charge is 0.375 e. The summed E-state index contributed by atoms with van der Waals surface area (Å²) in [5.41, 5.74) is 1.12. The first-order valence-corrected chi connectivity index (χ1v) is 7.24. The lowest BCUT2D eigenvalue weighted by molar-refractivity contribution is 0.102. The van der Waals surface area contributed by atoms with Gasteiger partial charge in [-0.2, -0.15) is 0 Å². The third-order valence-electron chi connectivity index (χ3n) is 3.08. The Morgan fingerprint density at radius 2 is 1.73 bits per heavy atom. The van der Waals surface area contributed by atoms with E-state index in [4.69, 9.17) is 27.9 Å². The summed E-state index contributed by atoms with van der Waals surface area (Å²) >= 11 is 12.2. The molecule has 1 unspecified atom stereocenters. The fourth-order valence-corrected chi connectivity index (χ4v) is 2.70. The van der Waals surface area contributed by atoms with Gasteiger partial charge in [-0.15, -0.1) is 0 Å². The van der Waals surface area contributed by atoms with E-state index >= 15 is 0 Å². The third kappa shape index (κ3) is 4.36. The van der Waals surface area contributed by atoms with E-state index in [0.717, 1.165) is 6.07 Å². The molecule has 2 aromatic rings. The molecule has 0 saturated carbocycles. The van der Waals surface area contributed by atoms with Gasteiger partial charge in [-0.25, -0.2) is 8.78 Å². The molecule has 2 rings (SSSR count). The van der Waals surface area contributed by atoms with E-state index in [0.29, 0.717) is 27.7 Å². The van der Waals surface area contributed by atoms with Crippen molar-refractivity contribution in [2.24, 2.45) is 0 Å². The Balaban J connectivity index is 2.02. The topological polar surface area (TPSA) is 34.1 Å². The highest BCUT2D eigenvalue weighted by molar-refractivity contribution is 6.35. The summed E-state index contributed by atoms with van der Waals surface area (Å²) in [7, 11) is 1.53. The van der Waals surface area contributed by atoms with Crippen LogP contribution >= 0.6 is 23.2 Å². The van der Waals surface area contributed by atoms with Crippen LogP contribution in [-0.2, 0) is 11.3 Å². The van der Waals surface area contributed by atoms with Crippen LogP contribution in [0.3, 0.4) is 0 Å². The highest BCUT2D eigenvalue weighted by Gasteiger charge is 2.17. The lowest BCUT2D eigenvalue weighted by Crippen LogP contribution is -2.23. The molecule has 0 aliphatic carbocycles. The van der Waals surface area contributed by atoms with Gasteiger partial charge < -0.3 is 10.1 Å². The molecule has 1 atom stereocenters. The van der Waals surface area contributed by atoms with Crippen molar-refractivity contribution in [2.75, 3.05) is 13.7 Å². The number of halogens is 4. The molecule has 1 aromatic heterocycles. The number of ether oxygens (including phenoxy) is 1. The predicted molar refractivity (Wildman–Crippen MR) is 82.1 cm³/mol. The van der Waals surface area contributed by atoms with Crippen molar-refractivity contribution in [3.8, 4) is 0 Å². The molecular formula is C15H14Cl2F2N2O. The van der Waals surface area contributed by atoms with Crippen molar-refractivity contribution in [3.63, 3.8) is 0 Å². The molecule has 0 radical (unpaired) electrons. The molecular weight excluding hydrogens is 333 g/mol. The molecule has 0 saturated heterocycles. The Bertz CT molecular complexity index is 615. The van der Waals surface area contributed by atoms with E-state index in [9.17, 15) is 8.78 Å². The summed E-state index contributed by atoms with van der Waals surface area (Å²) in [5, 5.41) is 3.87. The molecule has 1 N–H and O–H groups in total. The van der Waals surface area contributed by atoms with E-state index in [1.807, 2.05) is 0 Å². The monoisotopic (exact) mass is 346 g/mol. The lowest BCUT2D eigenvalue weighted by Gasteiger charge is -2.19. The molecule has 0 fully saturated rings. The van der Waals surface area contributed by atoms with Crippen LogP contribution in [0.5, 0.6) is 0 Å². The summed E-state index contributed by atoms with van der Waals surface area (Å²) in [6, 6.07) is 3.37. The Morgan fingerprint density at radius 3 is 2.27 bits per heavy atom. The Morgan fingerprint density at radius 1 is 1.14 bits per heavy atom. The zero-order chi connectivity index (χ0) is 16.1. The van der Waals surface area contributed by atoms with Gasteiger partial charge in [-0.1, -0.05) is 23.2 Å². The summed E-state index contributed by atoms with van der Waals surface area (Å²) in [6.07, 6.45) is 2.56. The van der Waals surface area contributed by atoms with Crippen molar-refractivity contribution in [3.05, 3.63) is 63.4 Å². The first kappa shape index (κ1) is 17.1. The summed E-state index contributed by atoms with van der Waals surface area (Å²) in [5.74, 6) is -1.22. The van der Waals surface area contributed by atoms with E-state index in [1.54, 1.807) is 0 Å². The fraction of sp³-hybridized carbons (Fsp3) is 0.267. The van der Waals surface area contributed by atoms with Gasteiger partial charge in [0.05, 0.1) is 16.1 Å². The summed E-state index contributed by atoms with van der Waals surface area (Å²) in [6.45, 7) is 0.660. The average Bonchev–Trinajstić information content (AvgIpc) is 2.44. The third-order valence-corrected chi connectivity index (χ3v) is 3.68. The van der Waals surface area contributed by atoms with Gasteiger partial charge in [0.25, 0.3) is 0 Å². The maximum atomic E-state index is 13.1. The zero-order valence-corrected chi connectivity index (χ0v) is 13.3. The molecule has 0 amide bonds. The fourth-order valence-electron chi connectivity index (χ4n) is 2.09. The average molecular weight is 347 g/mol. The van der Waals surface area contributed by atoms with Crippen molar-refractivity contribution >= 4 is 23.2 Å². The minimum atomic E-state index is -0.611. The van der Waals surface area contributed by atoms with Crippen LogP contribution in [0.4, 0.5) is 8.78 Å². The molecule has 1 heterocycles. The smallest absolute Gasteiger partial charge is 0.126 e. The number of pyridine rings is 1. The van der Waals surface area contributed by atoms with Crippen LogP contribution in [-0.4, -0.2) is 18.6 Å². The number of hydrogen-bond acceptors (Lipinski definition) is 3. The number of nitrogens with zero attached hydrogens (tertiary/aromatic N) is 1. The molecule has 0 aliphatic rings. The second-order valence-electron chi connectivity index (χ2n) is 4.65. The van der Waals surface area contributed by atoms with Crippen molar-refractivity contribution in [1.82, 2.24) is 10.3 Å². The Hall–Kier alpha value is -1.27. The summed E-state index contributed by atoms with van der Waals surface area (Å²) < 4.78 is 31.6. The molecule has 3 nitrogen and oxygen atoms in total. The quantitative estimate of drug-likeness (QED) is 0.853. The van der Waals surface area contributed by atoms with Gasteiger partial charge in [-0.05, 0) is 17.7 Å². The Kier molecular flexibility index (Phi) is 6.08. The van der Waals surface area contributed by atoms with Crippen molar-refractivity contribution in [1.29, 1.82) is 0 Å². The minimum absolute atomic E-state index is 0.287. The molecule has 22 heavy (non-hydrogen) atoms. The van der Waals surface area contributed by atoms with Crippen molar-refractivity contribution in [2.45, 2.75) is 12.6 Å². The van der Waals surface area contributed by atoms with Crippen LogP contribution in [0.1, 0.15) is 17.2 Å². The normalized spacial score (nSPS) is 12.4. The SMILES string of the molecule is COC(CNCc1cc(F)cc(F)c1)c1c(Cl)cncc1Cl. The van der Waals surface area contributed by atoms with Gasteiger partial charge in [-0.3, -0.25) is 4.98 Å². The van der Waals surface area contributed by atoms with Gasteiger partial charge in [0.15, 0.2) is 0 Å². The maximum absolute atomic E-state index is 13.1. The first-order chi connectivity index (χ1) is 10.5. The van der Waals surface area contributed by atoms with Crippen LogP contribution in [0.15, 0.2) is 30.6 Å². The lowest BCUT2D eigenvalue weighted by atomic mass is 10.1. The zero-order valence-electron chi connectivity index (χ0n) is 11.7. The standard InChI is InChI=1S/C15H14Cl2F2N2O/c1-22-14(15-12(16)6-21-7-13(15)17)8-20-5-9-2-10(18)4-11(19)3-9/h2-4,6-7,14,20H,5,8H2,1H3. The molecule has 0 bridgehead atoms. The number of aromatic nitrogens is 1. The predicted octanol–water partition coefficient (Wildman–Crippen LogP) is 4.14. The number of rotatable bonds is 6. The van der Waals surface area contributed by atoms with E-state index in [2.05, 4.69) is 10.3 Å². The second kappa shape index (κ2) is 7.83. The van der Waals surface area contributed by atoms with Crippen molar-refractivity contribution < 1.29 is 13.5 Å². The van der Waals surface area contributed by atoms with Gasteiger partial charge in [0.2, 0.25) is 0 Å². The molecule has 0 spiro atoms. The Labute approximate surface area is 137 Å². The number of benzene rings is 1. The van der Waals surface area contributed by atoms with E-state index < -0.39 is 17.7 Å². The number of nitrogens with one attached hydrogen (secondary N) is 1. The van der Waals surface area contributed by atoms with E-state index in [1.165, 1.54) is 31.6 Å². The molecule has 7 heteroatoms. The molecule has 0 aliphatic heterocycles. The highest BCUT2D eigenvalue weighted by atomic mass is 35.5. The molecule has 118 valence electrons. The first-order valence-electron chi connectivity index (χ1n) is 6.48. The van der Waals surface area contributed by atoms with Crippen LogP contribution in [0.2, 0.25) is 10.0 Å². The van der Waals surface area contributed by atoms with Gasteiger partial charge >= 0.3 is 0 Å². The van der Waals surface area contributed by atoms with Gasteiger partial charge in [0.1, 0.15) is 11.6 Å². The molecule has 1 aromatic carbocycles. The minimum Gasteiger partial charge on any atom is -0.375 e. The maximum Gasteiger partial charge on any atom is 0.126 e.